The molecule has 22 heteroatoms. The number of amides is 4. The first kappa shape index (κ1) is 66.6. The van der Waals surface area contributed by atoms with Crippen LogP contribution in [0.25, 0.3) is 0 Å². The maximum atomic E-state index is 13.4. The number of esters is 2. The molecule has 6 N–H and O–H groups in total. The predicted molar refractivity (Wildman–Crippen MR) is 318 cm³/mol. The zero-order chi connectivity index (χ0) is 60.0. The third kappa shape index (κ3) is 23.2. The van der Waals surface area contributed by atoms with Crippen molar-refractivity contribution in [3.05, 3.63) is 80.8 Å². The van der Waals surface area contributed by atoms with E-state index in [0.717, 1.165) is 75.8 Å². The van der Waals surface area contributed by atoms with Crippen LogP contribution >= 0.6 is 23.2 Å². The van der Waals surface area contributed by atoms with Gasteiger partial charge in [0, 0.05) is 103 Å². The van der Waals surface area contributed by atoms with Crippen LogP contribution in [0.5, 0.6) is 11.5 Å². The van der Waals surface area contributed by atoms with Gasteiger partial charge in [0.2, 0.25) is 11.8 Å². The average molecular weight is 1180 g/mol. The van der Waals surface area contributed by atoms with Gasteiger partial charge in [0.1, 0.15) is 47.0 Å². The Kier molecular flexibility index (Phi) is 26.5. The summed E-state index contributed by atoms with van der Waals surface area (Å²) >= 11 is 12.2. The minimum atomic E-state index is -0.680. The summed E-state index contributed by atoms with van der Waals surface area (Å²) in [5.41, 5.74) is 13.6. The number of nitrogen functional groups attached to an aromatic ring is 2. The molecule has 0 bridgehead atoms. The van der Waals surface area contributed by atoms with E-state index in [4.69, 9.17) is 63.1 Å². The highest BCUT2D eigenvalue weighted by atomic mass is 35.5. The number of piperidine rings is 2. The molecule has 0 spiro atoms. The van der Waals surface area contributed by atoms with Crippen LogP contribution in [-0.4, -0.2) is 172 Å². The first-order chi connectivity index (χ1) is 38.9. The van der Waals surface area contributed by atoms with Crippen molar-refractivity contribution in [2.24, 2.45) is 0 Å². The minimum absolute atomic E-state index is 0.0259. The number of rotatable bonds is 28. The van der Waals surface area contributed by atoms with Crippen molar-refractivity contribution in [3.8, 4) is 11.5 Å². The zero-order valence-corrected chi connectivity index (χ0v) is 50.9. The largest absolute Gasteiger partial charge is 0.496 e. The Morgan fingerprint density at radius 2 is 0.939 bits per heavy atom. The van der Waals surface area contributed by atoms with Crippen molar-refractivity contribution in [2.45, 2.75) is 142 Å². The van der Waals surface area contributed by atoms with Crippen LogP contribution in [-0.2, 0) is 41.4 Å². The molecule has 20 nitrogen and oxygen atoms in total. The van der Waals surface area contributed by atoms with Gasteiger partial charge in [0.05, 0.1) is 35.6 Å². The number of nitrogens with two attached hydrogens (primary N) is 2. The molecule has 454 valence electrons. The molecule has 3 aromatic rings. The minimum Gasteiger partial charge on any atom is -0.496 e. The van der Waals surface area contributed by atoms with Gasteiger partial charge in [-0.2, -0.15) is 0 Å². The predicted octanol–water partition coefficient (Wildman–Crippen LogP) is 8.95. The van der Waals surface area contributed by atoms with E-state index in [1.54, 1.807) is 9.80 Å². The number of benzene rings is 3. The number of carbonyl (C=O) groups excluding carboxylic acids is 6. The normalized spacial score (nSPS) is 14.6. The highest BCUT2D eigenvalue weighted by Crippen LogP contribution is 2.31. The molecule has 2 aliphatic heterocycles. The summed E-state index contributed by atoms with van der Waals surface area (Å²) in [6, 6.07) is 14.3. The summed E-state index contributed by atoms with van der Waals surface area (Å²) in [7, 11) is 2.89. The summed E-state index contributed by atoms with van der Waals surface area (Å²) in [5, 5.41) is 6.82. The lowest BCUT2D eigenvalue weighted by atomic mass is 10.0. The number of hydrogen-bond donors (Lipinski definition) is 4. The fourth-order valence-electron chi connectivity index (χ4n) is 9.68. The molecule has 0 radical (unpaired) electrons. The number of anilines is 2. The van der Waals surface area contributed by atoms with Crippen LogP contribution in [0.15, 0.2) is 48.5 Å². The van der Waals surface area contributed by atoms with Crippen LogP contribution in [0, 0.1) is 0 Å². The van der Waals surface area contributed by atoms with Gasteiger partial charge in [-0.25, -0.2) is 19.2 Å². The number of methoxy groups -OCH3 is 2. The first-order valence-electron chi connectivity index (χ1n) is 28.6. The maximum Gasteiger partial charge on any atom is 0.410 e. The Hall–Kier alpha value is -6.22. The Morgan fingerprint density at radius 1 is 0.573 bits per heavy atom. The van der Waals surface area contributed by atoms with Crippen molar-refractivity contribution < 1.29 is 57.2 Å². The molecule has 82 heavy (non-hydrogen) atoms. The molecule has 5 rings (SSSR count). The number of carbonyl (C=O) groups is 6. The molecular formula is C60H88Cl2N8O12. The van der Waals surface area contributed by atoms with Crippen LogP contribution in [0.2, 0.25) is 10.0 Å². The fraction of sp³-hybridized carbons (Fsp3) is 0.600. The van der Waals surface area contributed by atoms with E-state index in [1.807, 2.05) is 47.6 Å². The number of likely N-dealkylation sites (tertiary alicyclic amines) is 2. The maximum absolute atomic E-state index is 13.4. The van der Waals surface area contributed by atoms with Crippen molar-refractivity contribution in [3.63, 3.8) is 0 Å². The summed E-state index contributed by atoms with van der Waals surface area (Å²) in [4.78, 5) is 86.2. The molecule has 3 aromatic carbocycles. The quantitative estimate of drug-likeness (QED) is 0.0301. The second-order valence-electron chi connectivity index (χ2n) is 23.0. The zero-order valence-electron chi connectivity index (χ0n) is 49.3. The molecule has 0 unspecified atom stereocenters. The molecule has 2 fully saturated rings. The van der Waals surface area contributed by atoms with Crippen LogP contribution in [0.4, 0.5) is 21.0 Å². The molecule has 2 heterocycles. The van der Waals surface area contributed by atoms with Gasteiger partial charge in [0.25, 0.3) is 0 Å². The lowest BCUT2D eigenvalue weighted by molar-refractivity contribution is -0.123. The average Bonchev–Trinajstić information content (AvgIpc) is 3.63. The fourth-order valence-corrected chi connectivity index (χ4v) is 10.0. The first-order valence-corrected chi connectivity index (χ1v) is 29.3. The molecule has 0 aliphatic carbocycles. The number of hydrogen-bond acceptors (Lipinski definition) is 16. The van der Waals surface area contributed by atoms with E-state index in [9.17, 15) is 28.8 Å². The summed E-state index contributed by atoms with van der Waals surface area (Å²) < 4.78 is 33.1. The summed E-state index contributed by atoms with van der Waals surface area (Å²) in [6.07, 6.45) is 6.53. The topological polar surface area (TPSA) is 247 Å². The third-order valence-electron chi connectivity index (χ3n) is 14.0. The molecule has 2 saturated heterocycles. The van der Waals surface area contributed by atoms with Gasteiger partial charge in [-0.15, -0.1) is 0 Å². The number of ether oxygens (including phenoxy) is 6. The van der Waals surface area contributed by atoms with Crippen molar-refractivity contribution >= 4 is 70.5 Å². The monoisotopic (exact) mass is 1180 g/mol. The van der Waals surface area contributed by atoms with Gasteiger partial charge in [-0.3, -0.25) is 19.4 Å². The highest BCUT2D eigenvalue weighted by Gasteiger charge is 2.27. The van der Waals surface area contributed by atoms with Gasteiger partial charge < -0.3 is 60.3 Å². The lowest BCUT2D eigenvalue weighted by Crippen LogP contribution is -2.45. The van der Waals surface area contributed by atoms with E-state index in [-0.39, 0.29) is 71.1 Å². The van der Waals surface area contributed by atoms with Crippen molar-refractivity contribution in [1.82, 2.24) is 30.2 Å². The van der Waals surface area contributed by atoms with E-state index < -0.39 is 35.3 Å². The third-order valence-corrected chi connectivity index (χ3v) is 14.7. The summed E-state index contributed by atoms with van der Waals surface area (Å²) in [5.74, 6) is -0.633. The summed E-state index contributed by atoms with van der Waals surface area (Å²) in [6.45, 7) is 17.1. The number of nitrogens with one attached hydrogen (secondary N) is 2. The molecule has 0 atom stereocenters. The molecule has 0 aromatic heterocycles. The van der Waals surface area contributed by atoms with E-state index in [1.165, 1.54) is 38.5 Å². The van der Waals surface area contributed by atoms with Crippen molar-refractivity contribution in [1.29, 1.82) is 0 Å². The van der Waals surface area contributed by atoms with Gasteiger partial charge in [-0.05, 0) is 129 Å². The van der Waals surface area contributed by atoms with Crippen LogP contribution in [0.3, 0.4) is 0 Å². The molecule has 4 amide bonds. The Bertz CT molecular complexity index is 2430. The Balaban J connectivity index is 0.991. The van der Waals surface area contributed by atoms with Crippen LogP contribution < -0.4 is 31.6 Å². The molecule has 0 saturated carbocycles. The van der Waals surface area contributed by atoms with Gasteiger partial charge in [0.15, 0.2) is 0 Å². The number of nitrogens with zero attached hydrogens (tertiary/aromatic N) is 4. The number of halogens is 2. The smallest absolute Gasteiger partial charge is 0.410 e. The number of aryl methyl sites for hydroxylation is 2. The van der Waals surface area contributed by atoms with Crippen LogP contribution in [0.1, 0.15) is 138 Å². The highest BCUT2D eigenvalue weighted by molar-refractivity contribution is 6.34. The van der Waals surface area contributed by atoms with E-state index in [2.05, 4.69) is 38.6 Å². The second kappa shape index (κ2) is 32.6. The van der Waals surface area contributed by atoms with Gasteiger partial charge >= 0.3 is 24.1 Å². The SMILES string of the molecule is COc1cc(N)c(Cl)cc1C(=O)OCCN1CCC(NC(=O)CCCN(CCCc2cccc(CCCN(CCCC(=O)NC3CCN(CCOC(=O)c4cc(Cl)c(N)cc4OC)CC3)C(=O)OC(C)(C)C)c2)C(=O)OC(C)(C)C)CC1. The molecular weight excluding hydrogens is 1100 g/mol. The lowest BCUT2D eigenvalue weighted by Gasteiger charge is -2.32. The van der Waals surface area contributed by atoms with E-state index >= 15 is 0 Å². The van der Waals surface area contributed by atoms with E-state index in [0.29, 0.717) is 87.8 Å². The molecule has 2 aliphatic rings. The van der Waals surface area contributed by atoms with Crippen molar-refractivity contribution in [2.75, 3.05) is 104 Å². The standard InChI is InChI=1S/C60H88Cl2N8O12/c1-59(2,3)81-57(75)69(26-12-18-53(71)65-43-20-28-67(29-21-43)32-34-79-55(73)45-37-47(61)49(63)39-51(45)77-7)24-10-16-41-14-9-15-42(36-41)17-11-25-70(58(76)82-60(4,5)6)27-13-19-54(72)66-44-22-30-68(31-23-44)33-35-80-56(74)46-38-48(62)50(64)40-52(46)78-8/h9,14-15,36-40,43-44H,10-13,16-35,63-64H2,1-8H3,(H,65,71)(H,66,72). The second-order valence-corrected chi connectivity index (χ2v) is 23.8. The van der Waals surface area contributed by atoms with Gasteiger partial charge in [-0.1, -0.05) is 47.5 Å². The Labute approximate surface area is 494 Å². The Morgan fingerprint density at radius 3 is 1.29 bits per heavy atom.